The Hall–Kier alpha value is -3.48. The van der Waals surface area contributed by atoms with Crippen molar-refractivity contribution in [2.75, 3.05) is 32.1 Å². The van der Waals surface area contributed by atoms with E-state index in [9.17, 15) is 9.59 Å². The number of carbonyl (C=O) groups is 1. The minimum absolute atomic E-state index is 0.0675. The van der Waals surface area contributed by atoms with Gasteiger partial charge in [0.05, 0.1) is 12.4 Å². The van der Waals surface area contributed by atoms with Crippen LogP contribution in [-0.2, 0) is 6.54 Å². The van der Waals surface area contributed by atoms with Crippen molar-refractivity contribution in [3.8, 4) is 11.1 Å². The molecule has 1 saturated heterocycles. The molecule has 0 spiro atoms. The van der Waals surface area contributed by atoms with Crippen molar-refractivity contribution in [1.82, 2.24) is 19.4 Å². The average Bonchev–Trinajstić information content (AvgIpc) is 2.79. The number of piperidine rings is 1. The van der Waals surface area contributed by atoms with Gasteiger partial charge in [0.15, 0.2) is 0 Å². The molecule has 1 amide bonds. The van der Waals surface area contributed by atoms with E-state index >= 15 is 0 Å². The van der Waals surface area contributed by atoms with Crippen LogP contribution < -0.4 is 10.5 Å². The molecule has 158 valence electrons. The van der Waals surface area contributed by atoms with Crippen molar-refractivity contribution in [3.05, 3.63) is 76.6 Å². The topological polar surface area (TPSA) is 71.3 Å². The molecule has 31 heavy (non-hydrogen) atoms. The van der Waals surface area contributed by atoms with Gasteiger partial charge in [-0.3, -0.25) is 14.6 Å². The van der Waals surface area contributed by atoms with Crippen LogP contribution in [0.1, 0.15) is 28.5 Å². The van der Waals surface area contributed by atoms with Crippen LogP contribution in [0.2, 0.25) is 0 Å². The maximum Gasteiger partial charge on any atom is 0.273 e. The van der Waals surface area contributed by atoms with Crippen molar-refractivity contribution in [3.63, 3.8) is 0 Å². The van der Waals surface area contributed by atoms with Gasteiger partial charge in [0.25, 0.3) is 11.5 Å². The molecule has 2 aromatic heterocycles. The maximum absolute atomic E-state index is 12.9. The first-order valence-corrected chi connectivity index (χ1v) is 10.6. The number of aromatic nitrogens is 3. The number of hydrogen-bond donors (Lipinski definition) is 0. The van der Waals surface area contributed by atoms with Gasteiger partial charge in [0, 0.05) is 51.4 Å². The van der Waals surface area contributed by atoms with Gasteiger partial charge in [-0.1, -0.05) is 30.3 Å². The number of rotatable bonds is 3. The molecule has 1 fully saturated rings. The zero-order valence-electron chi connectivity index (χ0n) is 17.7. The standard InChI is InChI=1S/C24H25N5O2/c1-27(2)24(31)20-11-25-12-22(26-20)28-13-16-8-19(15-28)21-9-18(10-23(30)29(21)14-16)17-6-4-3-5-7-17/h3-7,9-12,16,19H,8,13-15H2,1-2H3/t16-,19+/m0/s1. The smallest absolute Gasteiger partial charge is 0.273 e. The van der Waals surface area contributed by atoms with Gasteiger partial charge < -0.3 is 14.4 Å². The fraction of sp³-hybridized carbons (Fsp3) is 0.333. The Kier molecular flexibility index (Phi) is 4.81. The summed E-state index contributed by atoms with van der Waals surface area (Å²) >= 11 is 0. The molecule has 0 N–H and O–H groups in total. The first kappa shape index (κ1) is 19.5. The molecule has 2 atom stereocenters. The Morgan fingerprint density at radius 1 is 1.03 bits per heavy atom. The van der Waals surface area contributed by atoms with E-state index in [0.29, 0.717) is 18.2 Å². The lowest BCUT2D eigenvalue weighted by molar-refractivity contribution is 0.0821. The molecule has 7 nitrogen and oxygen atoms in total. The highest BCUT2D eigenvalue weighted by atomic mass is 16.2. The van der Waals surface area contributed by atoms with E-state index in [1.807, 2.05) is 34.9 Å². The second-order valence-electron chi connectivity index (χ2n) is 8.65. The summed E-state index contributed by atoms with van der Waals surface area (Å²) in [6.45, 7) is 2.26. The predicted molar refractivity (Wildman–Crippen MR) is 119 cm³/mol. The lowest BCUT2D eigenvalue weighted by Gasteiger charge is -2.43. The summed E-state index contributed by atoms with van der Waals surface area (Å²) in [5, 5.41) is 0. The fourth-order valence-corrected chi connectivity index (χ4v) is 4.78. The van der Waals surface area contributed by atoms with Crippen molar-refractivity contribution >= 4 is 11.7 Å². The van der Waals surface area contributed by atoms with E-state index in [-0.39, 0.29) is 17.4 Å². The van der Waals surface area contributed by atoms with Crippen LogP contribution in [0, 0.1) is 5.92 Å². The second-order valence-corrected chi connectivity index (χ2v) is 8.65. The first-order chi connectivity index (χ1) is 15.0. The SMILES string of the molecule is CN(C)C(=O)c1cncc(N2C[C@@H]3C[C@H](C2)c2cc(-c4ccccc4)cc(=O)n2C3)n1. The molecule has 2 aliphatic rings. The van der Waals surface area contributed by atoms with Gasteiger partial charge in [0.2, 0.25) is 0 Å². The van der Waals surface area contributed by atoms with Crippen LogP contribution in [0.15, 0.2) is 59.7 Å². The van der Waals surface area contributed by atoms with Gasteiger partial charge in [0.1, 0.15) is 11.5 Å². The van der Waals surface area contributed by atoms with E-state index in [1.165, 1.54) is 11.1 Å². The number of hydrogen-bond acceptors (Lipinski definition) is 5. The highest BCUT2D eigenvalue weighted by Crippen LogP contribution is 2.37. The number of amides is 1. The number of anilines is 1. The van der Waals surface area contributed by atoms with Gasteiger partial charge in [-0.25, -0.2) is 4.98 Å². The monoisotopic (exact) mass is 415 g/mol. The summed E-state index contributed by atoms with van der Waals surface area (Å²) < 4.78 is 1.94. The summed E-state index contributed by atoms with van der Waals surface area (Å²) in [5.41, 5.74) is 3.52. The molecule has 2 bridgehead atoms. The van der Waals surface area contributed by atoms with Crippen LogP contribution >= 0.6 is 0 Å². The zero-order valence-corrected chi connectivity index (χ0v) is 17.7. The summed E-state index contributed by atoms with van der Waals surface area (Å²) in [5.74, 6) is 1.16. The van der Waals surface area contributed by atoms with Crippen LogP contribution in [-0.4, -0.2) is 52.5 Å². The zero-order chi connectivity index (χ0) is 21.5. The molecule has 4 heterocycles. The van der Waals surface area contributed by atoms with Crippen molar-refractivity contribution in [2.45, 2.75) is 18.9 Å². The van der Waals surface area contributed by atoms with E-state index in [4.69, 9.17) is 0 Å². The molecule has 0 unspecified atom stereocenters. The van der Waals surface area contributed by atoms with Crippen LogP contribution in [0.4, 0.5) is 5.82 Å². The number of nitrogens with zero attached hydrogens (tertiary/aromatic N) is 5. The maximum atomic E-state index is 12.9. The van der Waals surface area contributed by atoms with Gasteiger partial charge in [-0.15, -0.1) is 0 Å². The quantitative estimate of drug-likeness (QED) is 0.658. The molecule has 5 rings (SSSR count). The number of fused-ring (bicyclic) bond motifs is 4. The lowest BCUT2D eigenvalue weighted by atomic mass is 9.82. The van der Waals surface area contributed by atoms with Crippen LogP contribution in [0.25, 0.3) is 11.1 Å². The normalized spacial score (nSPS) is 19.6. The molecular formula is C24H25N5O2. The Morgan fingerprint density at radius 3 is 2.61 bits per heavy atom. The molecule has 0 saturated carbocycles. The Bertz CT molecular complexity index is 1190. The van der Waals surface area contributed by atoms with Crippen molar-refractivity contribution in [1.29, 1.82) is 0 Å². The highest BCUT2D eigenvalue weighted by molar-refractivity contribution is 5.91. The summed E-state index contributed by atoms with van der Waals surface area (Å²) in [4.78, 5) is 37.8. The summed E-state index contributed by atoms with van der Waals surface area (Å²) in [6, 6.07) is 13.9. The molecular weight excluding hydrogens is 390 g/mol. The highest BCUT2D eigenvalue weighted by Gasteiger charge is 2.35. The van der Waals surface area contributed by atoms with Crippen molar-refractivity contribution < 1.29 is 4.79 Å². The Morgan fingerprint density at radius 2 is 1.84 bits per heavy atom. The second kappa shape index (κ2) is 7.65. The Balaban J connectivity index is 1.48. The number of benzene rings is 1. The molecule has 3 aromatic rings. The van der Waals surface area contributed by atoms with Gasteiger partial charge in [-0.2, -0.15) is 0 Å². The molecule has 2 aliphatic heterocycles. The molecule has 0 radical (unpaired) electrons. The third-order valence-corrected chi connectivity index (χ3v) is 6.23. The third-order valence-electron chi connectivity index (χ3n) is 6.23. The minimum Gasteiger partial charge on any atom is -0.354 e. The van der Waals surface area contributed by atoms with Crippen LogP contribution in [0.5, 0.6) is 0 Å². The minimum atomic E-state index is -0.157. The van der Waals surface area contributed by atoms with E-state index in [2.05, 4.69) is 20.9 Å². The average molecular weight is 415 g/mol. The fourth-order valence-electron chi connectivity index (χ4n) is 4.78. The largest absolute Gasteiger partial charge is 0.354 e. The number of carbonyl (C=O) groups excluding carboxylic acids is 1. The number of pyridine rings is 1. The summed E-state index contributed by atoms with van der Waals surface area (Å²) in [7, 11) is 3.42. The van der Waals surface area contributed by atoms with E-state index < -0.39 is 0 Å². The predicted octanol–water partition coefficient (Wildman–Crippen LogP) is 2.63. The summed E-state index contributed by atoms with van der Waals surface area (Å²) in [6.07, 6.45) is 4.29. The molecule has 0 aliphatic carbocycles. The Labute approximate surface area is 181 Å². The molecule has 1 aromatic carbocycles. The van der Waals surface area contributed by atoms with E-state index in [1.54, 1.807) is 26.4 Å². The first-order valence-electron chi connectivity index (χ1n) is 10.6. The molecule has 7 heteroatoms. The van der Waals surface area contributed by atoms with Crippen molar-refractivity contribution in [2.24, 2.45) is 5.92 Å². The lowest BCUT2D eigenvalue weighted by Crippen LogP contribution is -2.47. The van der Waals surface area contributed by atoms with E-state index in [0.717, 1.165) is 42.1 Å². The van der Waals surface area contributed by atoms with Gasteiger partial charge in [-0.05, 0) is 29.5 Å². The third kappa shape index (κ3) is 3.60. The van der Waals surface area contributed by atoms with Gasteiger partial charge >= 0.3 is 0 Å². The van der Waals surface area contributed by atoms with Crippen LogP contribution in [0.3, 0.4) is 0 Å².